The van der Waals surface area contributed by atoms with Crippen molar-refractivity contribution in [2.24, 2.45) is 0 Å². The molecule has 116 valence electrons. The molecule has 1 atom stereocenters. The molecule has 6 nitrogen and oxygen atoms in total. The summed E-state index contributed by atoms with van der Waals surface area (Å²) in [5.74, 6) is -0.241. The molecule has 6 heteroatoms. The molecule has 3 N–H and O–H groups in total. The Morgan fingerprint density at radius 3 is 2.70 bits per heavy atom. The number of carbonyl (C=O) groups is 2. The SMILES string of the molecule is CCCN(CC(=O)NC(=O)NC(C)C)CC1CCCN1. The molecule has 1 rings (SSSR count). The first-order valence-electron chi connectivity index (χ1n) is 7.57. The average Bonchev–Trinajstić information content (AvgIpc) is 2.80. The van der Waals surface area contributed by atoms with Crippen LogP contribution in [-0.2, 0) is 4.79 Å². The van der Waals surface area contributed by atoms with E-state index in [0.29, 0.717) is 6.04 Å². The van der Waals surface area contributed by atoms with Crippen LogP contribution in [-0.4, -0.2) is 55.1 Å². The summed E-state index contributed by atoms with van der Waals surface area (Å²) >= 11 is 0. The van der Waals surface area contributed by atoms with Gasteiger partial charge in [0.2, 0.25) is 5.91 Å². The maximum atomic E-state index is 11.9. The van der Waals surface area contributed by atoms with Gasteiger partial charge >= 0.3 is 6.03 Å². The molecule has 1 aliphatic rings. The third-order valence-electron chi connectivity index (χ3n) is 3.22. The largest absolute Gasteiger partial charge is 0.336 e. The summed E-state index contributed by atoms with van der Waals surface area (Å²) in [6.45, 7) is 8.90. The zero-order valence-electron chi connectivity index (χ0n) is 12.9. The first kappa shape index (κ1) is 16.9. The molecule has 1 saturated heterocycles. The molecular weight excluding hydrogens is 256 g/mol. The van der Waals surface area contributed by atoms with Crippen LogP contribution in [0.15, 0.2) is 0 Å². The zero-order valence-corrected chi connectivity index (χ0v) is 12.9. The number of imide groups is 1. The summed E-state index contributed by atoms with van der Waals surface area (Å²) in [5.41, 5.74) is 0. The smallest absolute Gasteiger partial charge is 0.321 e. The van der Waals surface area contributed by atoms with Crippen molar-refractivity contribution in [2.45, 2.75) is 52.1 Å². The highest BCUT2D eigenvalue weighted by Gasteiger charge is 2.19. The predicted octanol–water partition coefficient (Wildman–Crippen LogP) is 0.685. The molecule has 0 radical (unpaired) electrons. The Labute approximate surface area is 121 Å². The maximum Gasteiger partial charge on any atom is 0.321 e. The van der Waals surface area contributed by atoms with E-state index < -0.39 is 6.03 Å². The fourth-order valence-electron chi connectivity index (χ4n) is 2.44. The third-order valence-corrected chi connectivity index (χ3v) is 3.22. The first-order valence-corrected chi connectivity index (χ1v) is 7.57. The van der Waals surface area contributed by atoms with Gasteiger partial charge in [0, 0.05) is 18.6 Å². The Morgan fingerprint density at radius 2 is 2.15 bits per heavy atom. The van der Waals surface area contributed by atoms with Gasteiger partial charge in [0.1, 0.15) is 0 Å². The van der Waals surface area contributed by atoms with E-state index in [1.165, 1.54) is 6.42 Å². The van der Waals surface area contributed by atoms with E-state index in [0.717, 1.165) is 32.5 Å². The quantitative estimate of drug-likeness (QED) is 0.643. The van der Waals surface area contributed by atoms with Crippen LogP contribution in [0.1, 0.15) is 40.0 Å². The molecule has 1 fully saturated rings. The highest BCUT2D eigenvalue weighted by Crippen LogP contribution is 2.07. The minimum absolute atomic E-state index is 0.0252. The highest BCUT2D eigenvalue weighted by atomic mass is 16.2. The summed E-state index contributed by atoms with van der Waals surface area (Å²) in [6, 6.07) is 0.0801. The maximum absolute atomic E-state index is 11.9. The average molecular weight is 284 g/mol. The number of amides is 3. The van der Waals surface area contributed by atoms with E-state index >= 15 is 0 Å². The minimum Gasteiger partial charge on any atom is -0.336 e. The number of nitrogens with one attached hydrogen (secondary N) is 3. The standard InChI is InChI=1S/C14H28N4O2/c1-4-8-18(9-12-6-5-7-15-12)10-13(19)17-14(20)16-11(2)3/h11-12,15H,4-10H2,1-3H3,(H2,16,17,19,20). The molecule has 0 spiro atoms. The second-order valence-corrected chi connectivity index (χ2v) is 5.70. The molecule has 0 saturated carbocycles. The normalized spacial score (nSPS) is 18.6. The van der Waals surface area contributed by atoms with Gasteiger partial charge in [-0.05, 0) is 46.2 Å². The lowest BCUT2D eigenvalue weighted by atomic mass is 10.2. The van der Waals surface area contributed by atoms with Gasteiger partial charge in [0.05, 0.1) is 6.54 Å². The van der Waals surface area contributed by atoms with Crippen molar-refractivity contribution >= 4 is 11.9 Å². The van der Waals surface area contributed by atoms with Gasteiger partial charge in [-0.15, -0.1) is 0 Å². The van der Waals surface area contributed by atoms with Crippen LogP contribution in [0.3, 0.4) is 0 Å². The number of nitrogens with zero attached hydrogens (tertiary/aromatic N) is 1. The topological polar surface area (TPSA) is 73.5 Å². The van der Waals surface area contributed by atoms with Gasteiger partial charge in [-0.1, -0.05) is 6.92 Å². The van der Waals surface area contributed by atoms with E-state index in [1.54, 1.807) is 0 Å². The fourth-order valence-corrected chi connectivity index (χ4v) is 2.44. The van der Waals surface area contributed by atoms with Crippen LogP contribution < -0.4 is 16.0 Å². The zero-order chi connectivity index (χ0) is 15.0. The lowest BCUT2D eigenvalue weighted by Gasteiger charge is -2.24. The molecule has 0 bridgehead atoms. The van der Waals surface area contributed by atoms with Crippen LogP contribution >= 0.6 is 0 Å². The summed E-state index contributed by atoms with van der Waals surface area (Å²) in [6.07, 6.45) is 3.36. The Balaban J connectivity index is 2.35. The van der Waals surface area contributed by atoms with Crippen LogP contribution in [0.25, 0.3) is 0 Å². The molecule has 0 aromatic heterocycles. The van der Waals surface area contributed by atoms with Gasteiger partial charge in [-0.3, -0.25) is 15.0 Å². The van der Waals surface area contributed by atoms with E-state index in [2.05, 4.69) is 27.8 Å². The van der Waals surface area contributed by atoms with E-state index in [4.69, 9.17) is 0 Å². The Morgan fingerprint density at radius 1 is 1.40 bits per heavy atom. The molecule has 0 aliphatic carbocycles. The van der Waals surface area contributed by atoms with Gasteiger partial charge in [-0.25, -0.2) is 4.79 Å². The van der Waals surface area contributed by atoms with Crippen molar-refractivity contribution in [3.63, 3.8) is 0 Å². The number of hydrogen-bond donors (Lipinski definition) is 3. The van der Waals surface area contributed by atoms with E-state index in [9.17, 15) is 9.59 Å². The number of carbonyl (C=O) groups excluding carboxylic acids is 2. The second-order valence-electron chi connectivity index (χ2n) is 5.70. The summed E-state index contributed by atoms with van der Waals surface area (Å²) in [4.78, 5) is 25.4. The molecular formula is C14H28N4O2. The lowest BCUT2D eigenvalue weighted by molar-refractivity contribution is -0.121. The molecule has 0 aromatic rings. The first-order chi connectivity index (χ1) is 9.51. The number of rotatable bonds is 7. The monoisotopic (exact) mass is 284 g/mol. The van der Waals surface area contributed by atoms with Crippen LogP contribution in [0.4, 0.5) is 4.79 Å². The Kier molecular flexibility index (Phi) is 7.54. The van der Waals surface area contributed by atoms with Crippen LogP contribution in [0.2, 0.25) is 0 Å². The van der Waals surface area contributed by atoms with Gasteiger partial charge in [-0.2, -0.15) is 0 Å². The van der Waals surface area contributed by atoms with Gasteiger partial charge in [0.25, 0.3) is 0 Å². The number of hydrogen-bond acceptors (Lipinski definition) is 4. The summed E-state index contributed by atoms with van der Waals surface area (Å²) in [5, 5.41) is 8.46. The fraction of sp³-hybridized carbons (Fsp3) is 0.857. The second kappa shape index (κ2) is 8.92. The lowest BCUT2D eigenvalue weighted by Crippen LogP contribution is -2.48. The minimum atomic E-state index is -0.416. The number of urea groups is 1. The van der Waals surface area contributed by atoms with Crippen LogP contribution in [0, 0.1) is 0 Å². The Hall–Kier alpha value is -1.14. The van der Waals surface area contributed by atoms with E-state index in [1.807, 2.05) is 13.8 Å². The molecule has 3 amide bonds. The van der Waals surface area contributed by atoms with Crippen molar-refractivity contribution in [1.29, 1.82) is 0 Å². The summed E-state index contributed by atoms with van der Waals surface area (Å²) < 4.78 is 0. The molecule has 1 heterocycles. The van der Waals surface area contributed by atoms with Crippen molar-refractivity contribution in [3.8, 4) is 0 Å². The van der Waals surface area contributed by atoms with Gasteiger partial charge < -0.3 is 10.6 Å². The van der Waals surface area contributed by atoms with Crippen molar-refractivity contribution in [1.82, 2.24) is 20.9 Å². The van der Waals surface area contributed by atoms with Crippen LogP contribution in [0.5, 0.6) is 0 Å². The summed E-state index contributed by atoms with van der Waals surface area (Å²) in [7, 11) is 0. The molecule has 20 heavy (non-hydrogen) atoms. The predicted molar refractivity (Wildman–Crippen MR) is 79.6 cm³/mol. The van der Waals surface area contributed by atoms with Crippen molar-refractivity contribution in [3.05, 3.63) is 0 Å². The van der Waals surface area contributed by atoms with E-state index in [-0.39, 0.29) is 18.5 Å². The highest BCUT2D eigenvalue weighted by molar-refractivity contribution is 5.95. The third kappa shape index (κ3) is 6.86. The Bertz CT molecular complexity index is 314. The molecule has 1 aliphatic heterocycles. The molecule has 1 unspecified atom stereocenters. The van der Waals surface area contributed by atoms with Gasteiger partial charge in [0.15, 0.2) is 0 Å². The van der Waals surface area contributed by atoms with Crippen molar-refractivity contribution in [2.75, 3.05) is 26.2 Å². The van der Waals surface area contributed by atoms with Crippen molar-refractivity contribution < 1.29 is 9.59 Å². The molecule has 0 aromatic carbocycles.